The lowest BCUT2D eigenvalue weighted by Gasteiger charge is -2.26. The van der Waals surface area contributed by atoms with E-state index in [9.17, 15) is 19.6 Å². The van der Waals surface area contributed by atoms with Gasteiger partial charge < -0.3 is 0 Å². The smallest absolute Gasteiger partial charge is 0.261 e. The van der Waals surface area contributed by atoms with Crippen LogP contribution in [0.25, 0.3) is 11.1 Å². The minimum atomic E-state index is -0.520. The van der Waals surface area contributed by atoms with Crippen molar-refractivity contribution in [1.29, 1.82) is 0 Å². The Bertz CT molecular complexity index is 1190. The van der Waals surface area contributed by atoms with Gasteiger partial charge in [0, 0.05) is 16.7 Å². The van der Waals surface area contributed by atoms with Crippen LogP contribution in [0.4, 0.5) is 0 Å². The van der Waals surface area contributed by atoms with Crippen LogP contribution in [0.2, 0.25) is 0 Å². The number of benzene rings is 3. The number of hydroxylamine groups is 1. The topological polar surface area (TPSA) is 86.7 Å². The van der Waals surface area contributed by atoms with Crippen LogP contribution < -0.4 is 5.48 Å². The SMILES string of the molecule is O=C(NO)[C@H]1[C@H](CN2C(=O)c3ccccc3C2=O)CC[C@@H]1Sc1ccc(-c2ccccc2)cc1. The van der Waals surface area contributed by atoms with Gasteiger partial charge in [-0.15, -0.1) is 11.8 Å². The van der Waals surface area contributed by atoms with Crippen molar-refractivity contribution >= 4 is 29.5 Å². The molecule has 34 heavy (non-hydrogen) atoms. The van der Waals surface area contributed by atoms with Crippen LogP contribution in [-0.2, 0) is 4.79 Å². The predicted octanol–water partition coefficient (Wildman–Crippen LogP) is 4.64. The number of carbonyl (C=O) groups is 3. The third-order valence-corrected chi connectivity index (χ3v) is 8.06. The maximum absolute atomic E-state index is 12.8. The van der Waals surface area contributed by atoms with E-state index < -0.39 is 11.8 Å². The minimum absolute atomic E-state index is 0.0742. The third-order valence-electron chi connectivity index (χ3n) is 6.69. The number of imide groups is 1. The standard InChI is InChI=1S/C27H24N2O4S/c30-25(28-33)24-19(16-29-26(31)21-8-4-5-9-22(21)27(29)32)12-15-23(24)34-20-13-10-18(11-14-20)17-6-2-1-3-7-17/h1-11,13-14,19,23-24,33H,12,15-16H2,(H,28,30)/t19-,23-,24-/m0/s1. The second-order valence-electron chi connectivity index (χ2n) is 8.65. The molecule has 7 heteroatoms. The van der Waals surface area contributed by atoms with Gasteiger partial charge in [0.05, 0.1) is 17.0 Å². The maximum atomic E-state index is 12.8. The lowest BCUT2D eigenvalue weighted by Crippen LogP contribution is -2.41. The largest absolute Gasteiger partial charge is 0.289 e. The molecule has 1 saturated carbocycles. The lowest BCUT2D eigenvalue weighted by atomic mass is 9.94. The van der Waals surface area contributed by atoms with Gasteiger partial charge in [-0.05, 0) is 54.2 Å². The van der Waals surface area contributed by atoms with Crippen LogP contribution in [-0.4, -0.2) is 39.6 Å². The summed E-state index contributed by atoms with van der Waals surface area (Å²) in [5, 5.41) is 9.34. The molecule has 0 bridgehead atoms. The van der Waals surface area contributed by atoms with Gasteiger partial charge in [-0.1, -0.05) is 54.6 Å². The molecule has 1 heterocycles. The molecule has 0 unspecified atom stereocenters. The normalized spacial score (nSPS) is 21.6. The summed E-state index contributed by atoms with van der Waals surface area (Å²) in [4.78, 5) is 40.6. The van der Waals surface area contributed by atoms with E-state index in [4.69, 9.17) is 0 Å². The van der Waals surface area contributed by atoms with E-state index in [0.29, 0.717) is 17.5 Å². The second-order valence-corrected chi connectivity index (χ2v) is 9.97. The first-order chi connectivity index (χ1) is 16.6. The van der Waals surface area contributed by atoms with Crippen molar-refractivity contribution in [3.63, 3.8) is 0 Å². The molecule has 3 aromatic carbocycles. The van der Waals surface area contributed by atoms with Crippen LogP contribution >= 0.6 is 11.8 Å². The summed E-state index contributed by atoms with van der Waals surface area (Å²) in [7, 11) is 0. The molecular formula is C27H24N2O4S. The molecule has 2 aliphatic rings. The molecule has 5 rings (SSSR count). The molecule has 3 atom stereocenters. The van der Waals surface area contributed by atoms with E-state index in [2.05, 4.69) is 24.3 Å². The number of amides is 3. The summed E-state index contributed by atoms with van der Waals surface area (Å²) >= 11 is 1.60. The zero-order valence-corrected chi connectivity index (χ0v) is 19.2. The van der Waals surface area contributed by atoms with Crippen molar-refractivity contribution in [3.8, 4) is 11.1 Å². The van der Waals surface area contributed by atoms with Gasteiger partial charge in [0.2, 0.25) is 5.91 Å². The summed E-state index contributed by atoms with van der Waals surface area (Å²) < 4.78 is 0. The van der Waals surface area contributed by atoms with E-state index in [1.54, 1.807) is 36.0 Å². The van der Waals surface area contributed by atoms with Gasteiger partial charge in [0.1, 0.15) is 0 Å². The highest BCUT2D eigenvalue weighted by Crippen LogP contribution is 2.44. The van der Waals surface area contributed by atoms with E-state index >= 15 is 0 Å². The molecule has 1 fully saturated rings. The first-order valence-corrected chi connectivity index (χ1v) is 12.2. The van der Waals surface area contributed by atoms with Crippen molar-refractivity contribution in [2.24, 2.45) is 11.8 Å². The molecule has 0 saturated heterocycles. The Balaban J connectivity index is 1.31. The Morgan fingerprint density at radius 3 is 2.06 bits per heavy atom. The van der Waals surface area contributed by atoms with Gasteiger partial charge in [-0.2, -0.15) is 0 Å². The monoisotopic (exact) mass is 472 g/mol. The highest BCUT2D eigenvalue weighted by atomic mass is 32.2. The zero-order valence-electron chi connectivity index (χ0n) is 18.4. The molecule has 6 nitrogen and oxygen atoms in total. The van der Waals surface area contributed by atoms with Crippen LogP contribution in [0.5, 0.6) is 0 Å². The fraction of sp³-hybridized carbons (Fsp3) is 0.222. The number of carbonyl (C=O) groups excluding carboxylic acids is 3. The summed E-state index contributed by atoms with van der Waals surface area (Å²) in [5.41, 5.74) is 4.86. The molecule has 172 valence electrons. The minimum Gasteiger partial charge on any atom is -0.289 e. The zero-order chi connectivity index (χ0) is 23.7. The Morgan fingerprint density at radius 2 is 1.44 bits per heavy atom. The Hall–Kier alpha value is -3.42. The summed E-state index contributed by atoms with van der Waals surface area (Å²) in [5.74, 6) is -1.87. The maximum Gasteiger partial charge on any atom is 0.261 e. The summed E-state index contributed by atoms with van der Waals surface area (Å²) in [6.45, 7) is 0.161. The highest BCUT2D eigenvalue weighted by Gasteiger charge is 2.45. The summed E-state index contributed by atoms with van der Waals surface area (Å²) in [6.07, 6.45) is 1.43. The summed E-state index contributed by atoms with van der Waals surface area (Å²) in [6, 6.07) is 25.1. The van der Waals surface area contributed by atoms with Crippen LogP contribution in [0.3, 0.4) is 0 Å². The number of nitrogens with one attached hydrogen (secondary N) is 1. The van der Waals surface area contributed by atoms with E-state index in [0.717, 1.165) is 22.4 Å². The average Bonchev–Trinajstić information content (AvgIpc) is 3.38. The Morgan fingerprint density at radius 1 is 0.853 bits per heavy atom. The van der Waals surface area contributed by atoms with Crippen molar-refractivity contribution in [2.45, 2.75) is 23.0 Å². The molecule has 1 aliphatic carbocycles. The quantitative estimate of drug-likeness (QED) is 0.310. The molecular weight excluding hydrogens is 448 g/mol. The molecule has 2 N–H and O–H groups in total. The van der Waals surface area contributed by atoms with Crippen LogP contribution in [0, 0.1) is 11.8 Å². The number of hydrogen-bond acceptors (Lipinski definition) is 5. The lowest BCUT2D eigenvalue weighted by molar-refractivity contribution is -0.134. The number of thioether (sulfide) groups is 1. The molecule has 0 radical (unpaired) electrons. The van der Waals surface area contributed by atoms with Gasteiger partial charge in [0.25, 0.3) is 11.8 Å². The van der Waals surface area contributed by atoms with Crippen molar-refractivity contribution in [2.75, 3.05) is 6.54 Å². The van der Waals surface area contributed by atoms with E-state index in [1.807, 2.05) is 35.8 Å². The van der Waals surface area contributed by atoms with Gasteiger partial charge in [-0.3, -0.25) is 24.5 Å². The highest BCUT2D eigenvalue weighted by molar-refractivity contribution is 8.00. The van der Waals surface area contributed by atoms with E-state index in [-0.39, 0.29) is 29.5 Å². The molecule has 3 amide bonds. The average molecular weight is 473 g/mol. The van der Waals surface area contributed by atoms with E-state index in [1.165, 1.54) is 4.90 Å². The van der Waals surface area contributed by atoms with Crippen molar-refractivity contribution in [3.05, 3.63) is 90.0 Å². The number of fused-ring (bicyclic) bond motifs is 1. The second kappa shape index (κ2) is 9.44. The van der Waals surface area contributed by atoms with Gasteiger partial charge in [0.15, 0.2) is 0 Å². The van der Waals surface area contributed by atoms with Gasteiger partial charge in [-0.25, -0.2) is 5.48 Å². The molecule has 3 aromatic rings. The van der Waals surface area contributed by atoms with Crippen LogP contribution in [0.1, 0.15) is 33.6 Å². The number of rotatable bonds is 6. The Kier molecular flexibility index (Phi) is 6.22. The first-order valence-electron chi connectivity index (χ1n) is 11.3. The Labute approximate surface area is 201 Å². The van der Waals surface area contributed by atoms with Gasteiger partial charge >= 0.3 is 0 Å². The predicted molar refractivity (Wildman–Crippen MR) is 129 cm³/mol. The van der Waals surface area contributed by atoms with Crippen molar-refractivity contribution in [1.82, 2.24) is 10.4 Å². The van der Waals surface area contributed by atoms with Crippen LogP contribution in [0.15, 0.2) is 83.8 Å². The fourth-order valence-corrected chi connectivity index (χ4v) is 6.40. The molecule has 0 aromatic heterocycles. The fourth-order valence-electron chi connectivity index (χ4n) is 5.01. The number of hydrogen-bond donors (Lipinski definition) is 2. The number of nitrogens with zero attached hydrogens (tertiary/aromatic N) is 1. The molecule has 1 aliphatic heterocycles. The third kappa shape index (κ3) is 4.13. The van der Waals surface area contributed by atoms with Crippen molar-refractivity contribution < 1.29 is 19.6 Å². The first kappa shape index (κ1) is 22.4. The molecule has 0 spiro atoms.